The van der Waals surface area contributed by atoms with Gasteiger partial charge in [-0.05, 0) is 47.5 Å². The number of hydrogen-bond acceptors (Lipinski definition) is 3. The molecule has 17 heavy (non-hydrogen) atoms. The molecular formula is C12H18BrN3O. The standard InChI is InChI=1S/C12H18BrN3O/c1-4-15-12(17)7-16(3)11-5-8(2)10(14)6-9(11)13/h5-6H,4,7,14H2,1-3H3,(H,15,17). The fraction of sp³-hybridized carbons (Fsp3) is 0.417. The van der Waals surface area contributed by atoms with Gasteiger partial charge in [-0.15, -0.1) is 0 Å². The Morgan fingerprint density at radius 2 is 2.18 bits per heavy atom. The zero-order chi connectivity index (χ0) is 13.0. The number of amides is 1. The number of benzene rings is 1. The molecule has 0 saturated heterocycles. The van der Waals surface area contributed by atoms with Crippen LogP contribution >= 0.6 is 15.9 Å². The van der Waals surface area contributed by atoms with Crippen LogP contribution in [0.2, 0.25) is 0 Å². The van der Waals surface area contributed by atoms with E-state index < -0.39 is 0 Å². The third-order valence-corrected chi connectivity index (χ3v) is 3.14. The lowest BCUT2D eigenvalue weighted by atomic mass is 10.1. The van der Waals surface area contributed by atoms with Crippen LogP contribution in [0, 0.1) is 6.92 Å². The lowest BCUT2D eigenvalue weighted by Crippen LogP contribution is -2.35. The number of nitrogens with zero attached hydrogens (tertiary/aromatic N) is 1. The minimum atomic E-state index is 0.0105. The van der Waals surface area contributed by atoms with Gasteiger partial charge in [0.2, 0.25) is 5.91 Å². The maximum absolute atomic E-state index is 11.5. The third kappa shape index (κ3) is 3.63. The highest BCUT2D eigenvalue weighted by molar-refractivity contribution is 9.10. The molecule has 0 radical (unpaired) electrons. The van der Waals surface area contributed by atoms with Crippen LogP contribution in [-0.2, 0) is 4.79 Å². The fourth-order valence-electron chi connectivity index (χ4n) is 1.53. The predicted octanol–water partition coefficient (Wildman–Crippen LogP) is 1.91. The van der Waals surface area contributed by atoms with Crippen LogP contribution in [0.1, 0.15) is 12.5 Å². The summed E-state index contributed by atoms with van der Waals surface area (Å²) in [6.45, 7) is 4.83. The van der Waals surface area contributed by atoms with Crippen LogP contribution in [0.4, 0.5) is 11.4 Å². The summed E-state index contributed by atoms with van der Waals surface area (Å²) in [7, 11) is 1.88. The Kier molecular flexibility index (Phi) is 4.81. The number of anilines is 2. The molecule has 0 aliphatic rings. The summed E-state index contributed by atoms with van der Waals surface area (Å²) < 4.78 is 0.896. The maximum Gasteiger partial charge on any atom is 0.239 e. The second-order valence-corrected chi connectivity index (χ2v) is 4.82. The molecular weight excluding hydrogens is 282 g/mol. The molecule has 0 spiro atoms. The number of rotatable bonds is 4. The molecule has 1 rings (SSSR count). The van der Waals surface area contributed by atoms with E-state index in [4.69, 9.17) is 5.73 Å². The van der Waals surface area contributed by atoms with Crippen molar-refractivity contribution in [3.8, 4) is 0 Å². The molecule has 0 aliphatic carbocycles. The van der Waals surface area contributed by atoms with Crippen LogP contribution in [0.15, 0.2) is 16.6 Å². The summed E-state index contributed by atoms with van der Waals surface area (Å²) in [5.74, 6) is 0.0105. The van der Waals surface area contributed by atoms with Gasteiger partial charge >= 0.3 is 0 Å². The second-order valence-electron chi connectivity index (χ2n) is 3.97. The minimum absolute atomic E-state index is 0.0105. The summed E-state index contributed by atoms with van der Waals surface area (Å²) in [4.78, 5) is 13.4. The first-order valence-corrected chi connectivity index (χ1v) is 6.28. The highest BCUT2D eigenvalue weighted by atomic mass is 79.9. The molecule has 1 aromatic rings. The highest BCUT2D eigenvalue weighted by Gasteiger charge is 2.11. The summed E-state index contributed by atoms with van der Waals surface area (Å²) >= 11 is 3.46. The average Bonchev–Trinajstić information content (AvgIpc) is 2.23. The van der Waals surface area contributed by atoms with Gasteiger partial charge in [0, 0.05) is 23.8 Å². The van der Waals surface area contributed by atoms with Gasteiger partial charge in [0.1, 0.15) is 0 Å². The van der Waals surface area contributed by atoms with E-state index in [1.54, 1.807) is 0 Å². The van der Waals surface area contributed by atoms with Crippen molar-refractivity contribution >= 4 is 33.2 Å². The quantitative estimate of drug-likeness (QED) is 0.835. The largest absolute Gasteiger partial charge is 0.398 e. The molecule has 0 saturated carbocycles. The molecule has 1 amide bonds. The van der Waals surface area contributed by atoms with E-state index in [9.17, 15) is 4.79 Å². The topological polar surface area (TPSA) is 58.4 Å². The van der Waals surface area contributed by atoms with Crippen molar-refractivity contribution in [1.82, 2.24) is 5.32 Å². The van der Waals surface area contributed by atoms with Crippen molar-refractivity contribution < 1.29 is 4.79 Å². The number of nitrogens with one attached hydrogen (secondary N) is 1. The number of carbonyl (C=O) groups is 1. The van der Waals surface area contributed by atoms with E-state index in [0.717, 1.165) is 21.4 Å². The molecule has 0 bridgehead atoms. The molecule has 0 aromatic heterocycles. The Morgan fingerprint density at radius 1 is 1.53 bits per heavy atom. The van der Waals surface area contributed by atoms with Crippen molar-refractivity contribution in [3.63, 3.8) is 0 Å². The van der Waals surface area contributed by atoms with Crippen molar-refractivity contribution in [1.29, 1.82) is 0 Å². The number of hydrogen-bond donors (Lipinski definition) is 2. The fourth-order valence-corrected chi connectivity index (χ4v) is 2.19. The first-order valence-electron chi connectivity index (χ1n) is 5.49. The summed E-state index contributed by atoms with van der Waals surface area (Å²) in [6.07, 6.45) is 0. The molecule has 0 fully saturated rings. The number of nitrogens with two attached hydrogens (primary N) is 1. The molecule has 0 unspecified atom stereocenters. The van der Waals surface area contributed by atoms with Crippen LogP contribution in [0.3, 0.4) is 0 Å². The van der Waals surface area contributed by atoms with Gasteiger partial charge in [-0.3, -0.25) is 4.79 Å². The summed E-state index contributed by atoms with van der Waals surface area (Å²) in [5, 5.41) is 2.77. The van der Waals surface area contributed by atoms with E-state index in [2.05, 4.69) is 21.2 Å². The number of aryl methyl sites for hydroxylation is 1. The second kappa shape index (κ2) is 5.91. The number of halogens is 1. The maximum atomic E-state index is 11.5. The molecule has 0 heterocycles. The Hall–Kier alpha value is -1.23. The Balaban J connectivity index is 2.85. The zero-order valence-corrected chi connectivity index (χ0v) is 12.0. The van der Waals surface area contributed by atoms with Crippen molar-refractivity contribution in [3.05, 3.63) is 22.2 Å². The Morgan fingerprint density at radius 3 is 2.76 bits per heavy atom. The molecule has 4 nitrogen and oxygen atoms in total. The first-order chi connectivity index (χ1) is 7.95. The van der Waals surface area contributed by atoms with E-state index >= 15 is 0 Å². The number of carbonyl (C=O) groups excluding carboxylic acids is 1. The lowest BCUT2D eigenvalue weighted by molar-refractivity contribution is -0.119. The van der Waals surface area contributed by atoms with Crippen LogP contribution in [-0.4, -0.2) is 26.0 Å². The lowest BCUT2D eigenvalue weighted by Gasteiger charge is -2.21. The predicted molar refractivity (Wildman–Crippen MR) is 75.2 cm³/mol. The molecule has 94 valence electrons. The van der Waals surface area contributed by atoms with E-state index in [1.807, 2.05) is 37.9 Å². The minimum Gasteiger partial charge on any atom is -0.398 e. The third-order valence-electron chi connectivity index (χ3n) is 2.50. The van der Waals surface area contributed by atoms with Crippen LogP contribution < -0.4 is 16.0 Å². The number of nitrogen functional groups attached to an aromatic ring is 1. The van der Waals surface area contributed by atoms with Crippen LogP contribution in [0.25, 0.3) is 0 Å². The van der Waals surface area contributed by atoms with Crippen LogP contribution in [0.5, 0.6) is 0 Å². The van der Waals surface area contributed by atoms with Crippen molar-refractivity contribution in [2.24, 2.45) is 0 Å². The van der Waals surface area contributed by atoms with E-state index in [-0.39, 0.29) is 5.91 Å². The molecule has 3 N–H and O–H groups in total. The normalized spacial score (nSPS) is 10.1. The van der Waals surface area contributed by atoms with Gasteiger partial charge in [-0.1, -0.05) is 0 Å². The van der Waals surface area contributed by atoms with Crippen molar-refractivity contribution in [2.45, 2.75) is 13.8 Å². The summed E-state index contributed by atoms with van der Waals surface area (Å²) in [6, 6.07) is 3.83. The van der Waals surface area contributed by atoms with Gasteiger partial charge in [0.15, 0.2) is 0 Å². The smallest absolute Gasteiger partial charge is 0.239 e. The molecule has 0 aliphatic heterocycles. The van der Waals surface area contributed by atoms with Gasteiger partial charge in [-0.25, -0.2) is 0 Å². The van der Waals surface area contributed by atoms with Gasteiger partial charge in [0.25, 0.3) is 0 Å². The number of likely N-dealkylation sites (N-methyl/N-ethyl adjacent to an activating group) is 2. The first kappa shape index (κ1) is 13.8. The zero-order valence-electron chi connectivity index (χ0n) is 10.4. The Bertz CT molecular complexity index is 420. The van der Waals surface area contributed by atoms with Gasteiger partial charge in [0.05, 0.1) is 12.2 Å². The monoisotopic (exact) mass is 299 g/mol. The SMILES string of the molecule is CCNC(=O)CN(C)c1cc(C)c(N)cc1Br. The summed E-state index contributed by atoms with van der Waals surface area (Å²) in [5.41, 5.74) is 8.52. The van der Waals surface area contributed by atoms with Crippen molar-refractivity contribution in [2.75, 3.05) is 30.8 Å². The molecule has 1 aromatic carbocycles. The molecule has 0 atom stereocenters. The van der Waals surface area contributed by atoms with E-state index in [1.165, 1.54) is 0 Å². The average molecular weight is 300 g/mol. The highest BCUT2D eigenvalue weighted by Crippen LogP contribution is 2.29. The van der Waals surface area contributed by atoms with Gasteiger partial charge in [-0.2, -0.15) is 0 Å². The van der Waals surface area contributed by atoms with E-state index in [0.29, 0.717) is 13.1 Å². The van der Waals surface area contributed by atoms with Gasteiger partial charge < -0.3 is 16.0 Å². The molecule has 5 heteroatoms. The Labute approximate surface area is 110 Å².